The molecule has 2 aliphatic rings. The first-order chi connectivity index (χ1) is 19.0. The first kappa shape index (κ1) is 26.6. The lowest BCUT2D eigenvalue weighted by molar-refractivity contribution is -0.908. The zero-order chi connectivity index (χ0) is 27.5. The van der Waals surface area contributed by atoms with E-state index in [9.17, 15) is 14.7 Å². The van der Waals surface area contributed by atoms with Crippen LogP contribution in [-0.4, -0.2) is 77.3 Å². The third-order valence-electron chi connectivity index (χ3n) is 7.33. The molecule has 2 aliphatic heterocycles. The maximum absolute atomic E-state index is 13.9. The molecule has 1 aromatic heterocycles. The van der Waals surface area contributed by atoms with Crippen LogP contribution in [0.1, 0.15) is 28.6 Å². The minimum Gasteiger partial charge on any atom is -0.868 e. The van der Waals surface area contributed by atoms with E-state index in [1.807, 2.05) is 0 Å². The van der Waals surface area contributed by atoms with Gasteiger partial charge in [0.1, 0.15) is 13.1 Å². The number of hydrogen-bond donors (Lipinski definition) is 1. The van der Waals surface area contributed by atoms with Gasteiger partial charge in [0.2, 0.25) is 11.7 Å². The highest BCUT2D eigenvalue weighted by Gasteiger charge is 2.40. The fourth-order valence-electron chi connectivity index (χ4n) is 5.32. The van der Waals surface area contributed by atoms with E-state index >= 15 is 0 Å². The number of fused-ring (bicyclic) bond motifs is 1. The number of ether oxygens (including phenoxy) is 4. The predicted octanol–water partition coefficient (Wildman–Crippen LogP) is 1.14. The van der Waals surface area contributed by atoms with Crippen LogP contribution in [0.2, 0.25) is 0 Å². The largest absolute Gasteiger partial charge is 0.868 e. The summed E-state index contributed by atoms with van der Waals surface area (Å²) in [6, 6.07) is 11.1. The Bertz CT molecular complexity index is 1410. The molecule has 3 heterocycles. The van der Waals surface area contributed by atoms with Crippen LogP contribution in [0.25, 0.3) is 11.0 Å². The lowest BCUT2D eigenvalue weighted by Gasteiger charge is -2.29. The van der Waals surface area contributed by atoms with E-state index in [2.05, 4.69) is 0 Å². The number of quaternary nitrogens is 1. The Kier molecular flexibility index (Phi) is 7.76. The van der Waals surface area contributed by atoms with Crippen molar-refractivity contribution >= 4 is 22.7 Å². The van der Waals surface area contributed by atoms with E-state index in [0.717, 1.165) is 19.6 Å². The minimum absolute atomic E-state index is 0.0317. The standard InChI is InChI=1S/C29H32N2O8/c1-35-20-9-8-18(16-22(20)37-3)25-24(26(32)23-17-19-6-4-7-21(36-2)28(19)39-23)27(33)29(34)31(25)11-5-10-30-12-14-38-15-13-30/h4,6-9,16-17,25,33H,5,10-15H2,1-3H3. The van der Waals surface area contributed by atoms with Gasteiger partial charge in [0.05, 0.1) is 47.1 Å². The van der Waals surface area contributed by atoms with Crippen molar-refractivity contribution in [2.75, 3.05) is 60.7 Å². The number of amides is 1. The Balaban J connectivity index is 1.51. The van der Waals surface area contributed by atoms with E-state index < -0.39 is 23.5 Å². The Morgan fingerprint density at radius 3 is 2.49 bits per heavy atom. The van der Waals surface area contributed by atoms with Crippen molar-refractivity contribution in [3.05, 3.63) is 65.1 Å². The van der Waals surface area contributed by atoms with Crippen LogP contribution in [0.5, 0.6) is 17.2 Å². The molecular formula is C29H32N2O8. The van der Waals surface area contributed by atoms with Crippen molar-refractivity contribution in [3.63, 3.8) is 0 Å². The van der Waals surface area contributed by atoms with Gasteiger partial charge in [-0.15, -0.1) is 0 Å². The monoisotopic (exact) mass is 536 g/mol. The summed E-state index contributed by atoms with van der Waals surface area (Å²) in [6.45, 7) is 4.36. The quantitative estimate of drug-likeness (QED) is 0.384. The number of benzene rings is 2. The molecule has 10 nitrogen and oxygen atoms in total. The summed E-state index contributed by atoms with van der Waals surface area (Å²) in [5.74, 6) is -0.802. The van der Waals surface area contributed by atoms with E-state index in [1.165, 1.54) is 31.1 Å². The molecule has 206 valence electrons. The van der Waals surface area contributed by atoms with Crippen LogP contribution in [0.4, 0.5) is 0 Å². The number of Topliss-reactive ketones (excluding diaryl/α,β-unsaturated/α-hetero) is 1. The summed E-state index contributed by atoms with van der Waals surface area (Å²) in [6.07, 6.45) is 0.668. The second kappa shape index (κ2) is 11.4. The second-order valence-corrected chi connectivity index (χ2v) is 9.54. The third-order valence-corrected chi connectivity index (χ3v) is 7.33. The highest BCUT2D eigenvalue weighted by Crippen LogP contribution is 2.42. The predicted molar refractivity (Wildman–Crippen MR) is 139 cm³/mol. The third kappa shape index (κ3) is 5.05. The minimum atomic E-state index is -0.896. The van der Waals surface area contributed by atoms with E-state index in [1.54, 1.807) is 42.5 Å². The zero-order valence-corrected chi connectivity index (χ0v) is 22.3. The molecule has 1 unspecified atom stereocenters. The molecule has 3 aromatic rings. The number of methoxy groups -OCH3 is 3. The van der Waals surface area contributed by atoms with Gasteiger partial charge in [-0.25, -0.2) is 0 Å². The molecule has 1 saturated heterocycles. The first-order valence-electron chi connectivity index (χ1n) is 12.9. The van der Waals surface area contributed by atoms with Gasteiger partial charge in [-0.2, -0.15) is 0 Å². The number of hydrogen-bond acceptors (Lipinski definition) is 8. The van der Waals surface area contributed by atoms with Crippen molar-refractivity contribution in [3.8, 4) is 17.2 Å². The van der Waals surface area contributed by atoms with Crippen LogP contribution in [0.15, 0.2) is 58.2 Å². The van der Waals surface area contributed by atoms with Crippen LogP contribution in [-0.2, 0) is 9.53 Å². The van der Waals surface area contributed by atoms with Gasteiger partial charge in [0.25, 0.3) is 0 Å². The average molecular weight is 537 g/mol. The molecule has 5 rings (SSSR count). The molecule has 0 bridgehead atoms. The number of furan rings is 1. The molecule has 1 amide bonds. The number of carbonyl (C=O) groups is 2. The molecule has 0 spiro atoms. The van der Waals surface area contributed by atoms with Crippen molar-refractivity contribution in [2.24, 2.45) is 0 Å². The lowest BCUT2D eigenvalue weighted by Crippen LogP contribution is -3.14. The van der Waals surface area contributed by atoms with Crippen molar-refractivity contribution in [1.29, 1.82) is 0 Å². The van der Waals surface area contributed by atoms with Crippen LogP contribution in [0.3, 0.4) is 0 Å². The van der Waals surface area contributed by atoms with Gasteiger partial charge in [-0.1, -0.05) is 18.2 Å². The average Bonchev–Trinajstić information content (AvgIpc) is 3.52. The summed E-state index contributed by atoms with van der Waals surface area (Å²) in [5, 5.41) is 14.1. The maximum atomic E-state index is 13.9. The van der Waals surface area contributed by atoms with Gasteiger partial charge in [-0.05, 0) is 35.6 Å². The molecule has 10 heteroatoms. The zero-order valence-electron chi connectivity index (χ0n) is 22.3. The highest BCUT2D eigenvalue weighted by molar-refractivity contribution is 6.16. The lowest BCUT2D eigenvalue weighted by atomic mass is 9.94. The number of nitrogens with zero attached hydrogens (tertiary/aromatic N) is 1. The van der Waals surface area contributed by atoms with Gasteiger partial charge in [0.15, 0.2) is 28.6 Å². The molecule has 0 aliphatic carbocycles. The van der Waals surface area contributed by atoms with Gasteiger partial charge in [-0.3, -0.25) is 9.59 Å². The SMILES string of the molecule is COc1ccc(C2C(C(=O)c3cc4cccc(OC)c4o3)=C([O-])C(=O)N2CCC[NH+]2CCOCC2)cc1OC. The Hall–Kier alpha value is -4.02. The molecule has 1 N–H and O–H groups in total. The summed E-state index contributed by atoms with van der Waals surface area (Å²) >= 11 is 0. The summed E-state index contributed by atoms with van der Waals surface area (Å²) < 4.78 is 27.5. The number of nitrogens with one attached hydrogen (secondary N) is 1. The van der Waals surface area contributed by atoms with Gasteiger partial charge >= 0.3 is 0 Å². The summed E-state index contributed by atoms with van der Waals surface area (Å²) in [4.78, 5) is 30.1. The molecule has 0 saturated carbocycles. The topological polar surface area (TPSA) is 115 Å². The second-order valence-electron chi connectivity index (χ2n) is 9.54. The van der Waals surface area contributed by atoms with E-state index in [4.69, 9.17) is 23.4 Å². The number of para-hydroxylation sites is 1. The fourth-order valence-corrected chi connectivity index (χ4v) is 5.32. The van der Waals surface area contributed by atoms with Crippen LogP contribution >= 0.6 is 0 Å². The molecular weight excluding hydrogens is 504 g/mol. The smallest absolute Gasteiger partial charge is 0.239 e. The summed E-state index contributed by atoms with van der Waals surface area (Å²) in [7, 11) is 4.54. The molecule has 2 aromatic carbocycles. The van der Waals surface area contributed by atoms with Crippen molar-refractivity contribution in [2.45, 2.75) is 12.5 Å². The molecule has 39 heavy (non-hydrogen) atoms. The Labute approximate surface area is 226 Å². The Morgan fingerprint density at radius 2 is 1.77 bits per heavy atom. The Morgan fingerprint density at radius 1 is 1.03 bits per heavy atom. The van der Waals surface area contributed by atoms with Crippen LogP contribution < -0.4 is 24.2 Å². The normalized spacial score (nSPS) is 18.2. The van der Waals surface area contributed by atoms with Gasteiger partial charge in [0, 0.05) is 23.9 Å². The number of ketones is 1. The van der Waals surface area contributed by atoms with Crippen molar-refractivity contribution < 1.29 is 43.0 Å². The van der Waals surface area contributed by atoms with Crippen LogP contribution in [0, 0.1) is 0 Å². The first-order valence-corrected chi connectivity index (χ1v) is 12.9. The molecule has 0 radical (unpaired) electrons. The maximum Gasteiger partial charge on any atom is 0.239 e. The number of morpholine rings is 1. The fraction of sp³-hybridized carbons (Fsp3) is 0.379. The van der Waals surface area contributed by atoms with E-state index in [0.29, 0.717) is 60.0 Å². The molecule has 1 fully saturated rings. The molecule has 1 atom stereocenters. The number of carbonyl (C=O) groups excluding carboxylic acids is 2. The van der Waals surface area contributed by atoms with E-state index in [-0.39, 0.29) is 11.3 Å². The number of rotatable bonds is 10. The van der Waals surface area contributed by atoms with Crippen molar-refractivity contribution in [1.82, 2.24) is 4.90 Å². The van der Waals surface area contributed by atoms with Gasteiger partial charge < -0.3 is 38.3 Å². The summed E-state index contributed by atoms with van der Waals surface area (Å²) in [5.41, 5.74) is 0.820. The highest BCUT2D eigenvalue weighted by atomic mass is 16.5.